The van der Waals surface area contributed by atoms with E-state index in [9.17, 15) is 0 Å². The molecule has 1 aromatic heterocycles. The summed E-state index contributed by atoms with van der Waals surface area (Å²) in [5, 5.41) is 4.21. The first-order valence-corrected chi connectivity index (χ1v) is 5.86. The molecule has 3 rings (SSSR count). The van der Waals surface area contributed by atoms with Crippen molar-refractivity contribution in [3.8, 4) is 5.69 Å². The zero-order valence-electron chi connectivity index (χ0n) is 9.62. The highest BCUT2D eigenvalue weighted by molar-refractivity contribution is 5.51. The molecular formula is C13H15N3O. The van der Waals surface area contributed by atoms with Gasteiger partial charge in [-0.3, -0.25) is 0 Å². The minimum atomic E-state index is 0.820. The average molecular weight is 229 g/mol. The van der Waals surface area contributed by atoms with Crippen molar-refractivity contribution >= 4 is 5.69 Å². The minimum absolute atomic E-state index is 0.820. The molecule has 1 aliphatic rings. The number of nitrogens with zero attached hydrogens (tertiary/aromatic N) is 3. The number of hydrogen-bond donors (Lipinski definition) is 0. The van der Waals surface area contributed by atoms with Gasteiger partial charge < -0.3 is 9.64 Å². The highest BCUT2D eigenvalue weighted by Gasteiger charge is 2.10. The van der Waals surface area contributed by atoms with Crippen LogP contribution in [0.5, 0.6) is 0 Å². The van der Waals surface area contributed by atoms with Crippen molar-refractivity contribution in [3.63, 3.8) is 0 Å². The Balaban J connectivity index is 1.80. The molecule has 0 radical (unpaired) electrons. The van der Waals surface area contributed by atoms with Crippen molar-refractivity contribution in [2.75, 3.05) is 31.2 Å². The Morgan fingerprint density at radius 1 is 1.00 bits per heavy atom. The summed E-state index contributed by atoms with van der Waals surface area (Å²) in [5.74, 6) is 0. The zero-order chi connectivity index (χ0) is 11.5. The number of rotatable bonds is 2. The van der Waals surface area contributed by atoms with Crippen LogP contribution in [-0.2, 0) is 4.74 Å². The topological polar surface area (TPSA) is 30.3 Å². The van der Waals surface area contributed by atoms with E-state index in [0.717, 1.165) is 32.0 Å². The monoisotopic (exact) mass is 229 g/mol. The van der Waals surface area contributed by atoms with Gasteiger partial charge in [-0.05, 0) is 30.3 Å². The average Bonchev–Trinajstić information content (AvgIpc) is 2.94. The van der Waals surface area contributed by atoms with Crippen LogP contribution in [0.4, 0.5) is 5.69 Å². The van der Waals surface area contributed by atoms with Crippen molar-refractivity contribution in [2.24, 2.45) is 0 Å². The lowest BCUT2D eigenvalue weighted by molar-refractivity contribution is 0.122. The molecule has 0 N–H and O–H groups in total. The molecule has 0 bridgehead atoms. The number of benzene rings is 1. The van der Waals surface area contributed by atoms with Crippen LogP contribution < -0.4 is 4.90 Å². The largest absolute Gasteiger partial charge is 0.378 e. The van der Waals surface area contributed by atoms with E-state index in [0.29, 0.717) is 0 Å². The van der Waals surface area contributed by atoms with E-state index in [-0.39, 0.29) is 0 Å². The smallest absolute Gasteiger partial charge is 0.0647 e. The maximum Gasteiger partial charge on any atom is 0.0647 e. The van der Waals surface area contributed by atoms with Crippen LogP contribution in [0, 0.1) is 0 Å². The standard InChI is InChI=1S/C13H15N3O/c1-6-14-16(7-1)13-4-2-12(3-5-13)15-8-10-17-11-9-15/h1-7H,8-11H2. The first-order valence-electron chi connectivity index (χ1n) is 5.86. The van der Waals surface area contributed by atoms with E-state index in [1.54, 1.807) is 6.20 Å². The number of aromatic nitrogens is 2. The van der Waals surface area contributed by atoms with E-state index < -0.39 is 0 Å². The third kappa shape index (κ3) is 2.17. The zero-order valence-corrected chi connectivity index (χ0v) is 9.62. The van der Waals surface area contributed by atoms with Gasteiger partial charge in [0.1, 0.15) is 0 Å². The van der Waals surface area contributed by atoms with Crippen LogP contribution in [-0.4, -0.2) is 36.1 Å². The molecule has 2 heterocycles. The lowest BCUT2D eigenvalue weighted by Crippen LogP contribution is -2.36. The van der Waals surface area contributed by atoms with Crippen LogP contribution in [0.1, 0.15) is 0 Å². The fourth-order valence-corrected chi connectivity index (χ4v) is 2.06. The van der Waals surface area contributed by atoms with Gasteiger partial charge in [0.25, 0.3) is 0 Å². The van der Waals surface area contributed by atoms with Gasteiger partial charge >= 0.3 is 0 Å². The van der Waals surface area contributed by atoms with Gasteiger partial charge in [0.2, 0.25) is 0 Å². The SMILES string of the molecule is c1cnn(-c2ccc(N3CCOCC3)cc2)c1. The van der Waals surface area contributed by atoms with Crippen LogP contribution in [0.15, 0.2) is 42.7 Å². The molecule has 4 nitrogen and oxygen atoms in total. The molecule has 0 aliphatic carbocycles. The molecule has 2 aromatic rings. The first kappa shape index (κ1) is 10.4. The van der Waals surface area contributed by atoms with E-state index in [1.165, 1.54) is 5.69 Å². The molecule has 0 saturated carbocycles. The van der Waals surface area contributed by atoms with Gasteiger partial charge in [0.05, 0.1) is 18.9 Å². The molecule has 1 aliphatic heterocycles. The summed E-state index contributed by atoms with van der Waals surface area (Å²) in [7, 11) is 0. The normalized spacial score (nSPS) is 16.1. The molecule has 1 aromatic carbocycles. The molecule has 88 valence electrons. The summed E-state index contributed by atoms with van der Waals surface area (Å²) in [6, 6.07) is 10.4. The predicted molar refractivity (Wildman–Crippen MR) is 66.6 cm³/mol. The Hall–Kier alpha value is -1.81. The van der Waals surface area contributed by atoms with Gasteiger partial charge in [-0.1, -0.05) is 0 Å². The summed E-state index contributed by atoms with van der Waals surface area (Å²) in [5.41, 5.74) is 2.34. The third-order valence-electron chi connectivity index (χ3n) is 2.99. The summed E-state index contributed by atoms with van der Waals surface area (Å²) in [4.78, 5) is 2.34. The van der Waals surface area contributed by atoms with Crippen LogP contribution in [0.3, 0.4) is 0 Å². The maximum absolute atomic E-state index is 5.35. The number of ether oxygens (including phenoxy) is 1. The molecular weight excluding hydrogens is 214 g/mol. The summed E-state index contributed by atoms with van der Waals surface area (Å²) in [6.07, 6.45) is 3.74. The van der Waals surface area contributed by atoms with Crippen LogP contribution >= 0.6 is 0 Å². The summed E-state index contributed by atoms with van der Waals surface area (Å²) >= 11 is 0. The summed E-state index contributed by atoms with van der Waals surface area (Å²) in [6.45, 7) is 3.59. The van der Waals surface area contributed by atoms with Crippen LogP contribution in [0.2, 0.25) is 0 Å². The highest BCUT2D eigenvalue weighted by atomic mass is 16.5. The fourth-order valence-electron chi connectivity index (χ4n) is 2.06. The molecule has 4 heteroatoms. The quantitative estimate of drug-likeness (QED) is 0.785. The Bertz CT molecular complexity index is 458. The minimum Gasteiger partial charge on any atom is -0.378 e. The van der Waals surface area contributed by atoms with E-state index in [1.807, 2.05) is 16.9 Å². The van der Waals surface area contributed by atoms with Crippen molar-refractivity contribution in [2.45, 2.75) is 0 Å². The van der Waals surface area contributed by atoms with Gasteiger partial charge in [-0.25, -0.2) is 4.68 Å². The Morgan fingerprint density at radius 2 is 1.71 bits per heavy atom. The van der Waals surface area contributed by atoms with E-state index in [2.05, 4.69) is 34.3 Å². The molecule has 1 saturated heterocycles. The van der Waals surface area contributed by atoms with E-state index in [4.69, 9.17) is 4.74 Å². The highest BCUT2D eigenvalue weighted by Crippen LogP contribution is 2.18. The Kier molecular flexibility index (Phi) is 2.80. The Labute approximate surface area is 100 Å². The van der Waals surface area contributed by atoms with Crippen molar-refractivity contribution in [1.29, 1.82) is 0 Å². The predicted octanol–water partition coefficient (Wildman–Crippen LogP) is 1.71. The molecule has 0 amide bonds. The third-order valence-corrected chi connectivity index (χ3v) is 2.99. The van der Waals surface area contributed by atoms with Crippen molar-refractivity contribution in [1.82, 2.24) is 9.78 Å². The second-order valence-electron chi connectivity index (χ2n) is 4.07. The fraction of sp³-hybridized carbons (Fsp3) is 0.308. The van der Waals surface area contributed by atoms with Crippen LogP contribution in [0.25, 0.3) is 5.69 Å². The second-order valence-corrected chi connectivity index (χ2v) is 4.07. The molecule has 0 unspecified atom stereocenters. The lowest BCUT2D eigenvalue weighted by Gasteiger charge is -2.28. The molecule has 1 fully saturated rings. The van der Waals surface area contributed by atoms with Gasteiger partial charge in [0.15, 0.2) is 0 Å². The van der Waals surface area contributed by atoms with Gasteiger partial charge in [-0.15, -0.1) is 0 Å². The number of anilines is 1. The first-order chi connectivity index (χ1) is 8.43. The maximum atomic E-state index is 5.35. The number of morpholine rings is 1. The molecule has 17 heavy (non-hydrogen) atoms. The molecule has 0 spiro atoms. The van der Waals surface area contributed by atoms with Crippen molar-refractivity contribution < 1.29 is 4.74 Å². The second kappa shape index (κ2) is 4.59. The molecule has 0 atom stereocenters. The van der Waals surface area contributed by atoms with E-state index >= 15 is 0 Å². The Morgan fingerprint density at radius 3 is 2.35 bits per heavy atom. The lowest BCUT2D eigenvalue weighted by atomic mass is 10.2. The van der Waals surface area contributed by atoms with Gasteiger partial charge in [0, 0.05) is 31.2 Å². The number of hydrogen-bond acceptors (Lipinski definition) is 3. The van der Waals surface area contributed by atoms with Crippen molar-refractivity contribution in [3.05, 3.63) is 42.7 Å². The van der Waals surface area contributed by atoms with Gasteiger partial charge in [-0.2, -0.15) is 5.10 Å². The summed E-state index contributed by atoms with van der Waals surface area (Å²) < 4.78 is 7.21.